The third kappa shape index (κ3) is 3.41. The maximum atomic E-state index is 13.4. The molecule has 0 aliphatic carbocycles. The van der Waals surface area contributed by atoms with Gasteiger partial charge in [-0.25, -0.2) is 9.37 Å². The van der Waals surface area contributed by atoms with Crippen molar-refractivity contribution in [2.75, 3.05) is 31.1 Å². The normalized spacial score (nSPS) is 14.7. The summed E-state index contributed by atoms with van der Waals surface area (Å²) in [7, 11) is 0. The van der Waals surface area contributed by atoms with Crippen LogP contribution in [0.4, 0.5) is 10.1 Å². The maximum Gasteiger partial charge on any atom is 0.271 e. The molecular weight excluding hydrogens is 431 g/mol. The number of aromatic nitrogens is 2. The van der Waals surface area contributed by atoms with E-state index >= 15 is 0 Å². The molecule has 0 bridgehead atoms. The summed E-state index contributed by atoms with van der Waals surface area (Å²) in [6.07, 6.45) is 1.93. The smallest absolute Gasteiger partial charge is 0.271 e. The number of thiazole rings is 1. The maximum absolute atomic E-state index is 13.4. The summed E-state index contributed by atoms with van der Waals surface area (Å²) in [5.74, 6) is -0.420. The molecule has 0 spiro atoms. The van der Waals surface area contributed by atoms with Crippen molar-refractivity contribution >= 4 is 50.8 Å². The Morgan fingerprint density at radius 2 is 1.97 bits per heavy atom. The standard InChI is InChI=1S/C20H16ClFN4OS2/c21-14-10-13(3-4-15(14)22)24-5-7-25(8-6-24)19(27)17-12-29-20-23-16(11-26(17)20)18-2-1-9-28-18/h1-4,9-12H,5-8H2. The SMILES string of the molecule is O=C(c1csc2nc(-c3cccs3)cn12)N1CCN(c2ccc(F)c(Cl)c2)CC1. The largest absolute Gasteiger partial charge is 0.368 e. The van der Waals surface area contributed by atoms with Crippen LogP contribution in [0.2, 0.25) is 5.02 Å². The van der Waals surface area contributed by atoms with Crippen LogP contribution >= 0.6 is 34.3 Å². The number of benzene rings is 1. The van der Waals surface area contributed by atoms with E-state index in [0.717, 1.165) is 21.2 Å². The summed E-state index contributed by atoms with van der Waals surface area (Å²) in [6.45, 7) is 2.53. The third-order valence-corrected chi connectivity index (χ3v) is 7.06. The molecule has 9 heteroatoms. The van der Waals surface area contributed by atoms with Crippen LogP contribution in [0.15, 0.2) is 47.3 Å². The lowest BCUT2D eigenvalue weighted by Gasteiger charge is -2.36. The van der Waals surface area contributed by atoms with E-state index in [1.54, 1.807) is 23.5 Å². The number of nitrogens with zero attached hydrogens (tertiary/aromatic N) is 4. The molecule has 0 atom stereocenters. The van der Waals surface area contributed by atoms with Crippen LogP contribution in [0.25, 0.3) is 15.5 Å². The number of rotatable bonds is 3. The number of hydrogen-bond donors (Lipinski definition) is 0. The van der Waals surface area contributed by atoms with Crippen molar-refractivity contribution in [1.29, 1.82) is 0 Å². The number of hydrogen-bond acceptors (Lipinski definition) is 5. The zero-order valence-corrected chi connectivity index (χ0v) is 17.6. The lowest BCUT2D eigenvalue weighted by atomic mass is 10.2. The number of imidazole rings is 1. The Labute approximate surface area is 179 Å². The van der Waals surface area contributed by atoms with Crippen molar-refractivity contribution < 1.29 is 9.18 Å². The van der Waals surface area contributed by atoms with Crippen molar-refractivity contribution in [2.24, 2.45) is 0 Å². The molecule has 4 aromatic rings. The van der Waals surface area contributed by atoms with Gasteiger partial charge in [-0.2, -0.15) is 0 Å². The van der Waals surface area contributed by atoms with Crippen molar-refractivity contribution in [3.8, 4) is 10.6 Å². The van der Waals surface area contributed by atoms with Crippen LogP contribution in [0.1, 0.15) is 10.5 Å². The van der Waals surface area contributed by atoms with Gasteiger partial charge >= 0.3 is 0 Å². The van der Waals surface area contributed by atoms with Gasteiger partial charge in [0, 0.05) is 43.4 Å². The first kappa shape index (κ1) is 18.6. The fourth-order valence-corrected chi connectivity index (χ4v) is 5.19. The molecule has 1 fully saturated rings. The van der Waals surface area contributed by atoms with Crippen LogP contribution in [0.3, 0.4) is 0 Å². The van der Waals surface area contributed by atoms with Crippen molar-refractivity contribution in [3.63, 3.8) is 0 Å². The molecule has 1 aromatic carbocycles. The van der Waals surface area contributed by atoms with E-state index in [1.165, 1.54) is 17.4 Å². The van der Waals surface area contributed by atoms with Gasteiger partial charge in [0.15, 0.2) is 4.96 Å². The van der Waals surface area contributed by atoms with Crippen molar-refractivity contribution in [1.82, 2.24) is 14.3 Å². The Bertz CT molecular complexity index is 1180. The van der Waals surface area contributed by atoms with Gasteiger partial charge in [-0.1, -0.05) is 17.7 Å². The summed E-state index contributed by atoms with van der Waals surface area (Å²) >= 11 is 9.01. The zero-order valence-electron chi connectivity index (χ0n) is 15.2. The van der Waals surface area contributed by atoms with Gasteiger partial charge in [0.25, 0.3) is 5.91 Å². The number of anilines is 1. The predicted molar refractivity (Wildman–Crippen MR) is 116 cm³/mol. The highest BCUT2D eigenvalue weighted by Gasteiger charge is 2.25. The lowest BCUT2D eigenvalue weighted by molar-refractivity contribution is 0.0740. The van der Waals surface area contributed by atoms with E-state index in [4.69, 9.17) is 11.6 Å². The molecule has 0 radical (unpaired) electrons. The fourth-order valence-electron chi connectivity index (χ4n) is 3.49. The number of carbonyl (C=O) groups is 1. The highest BCUT2D eigenvalue weighted by molar-refractivity contribution is 7.15. The zero-order chi connectivity index (χ0) is 20.0. The van der Waals surface area contributed by atoms with Crippen molar-refractivity contribution in [2.45, 2.75) is 0 Å². The van der Waals surface area contributed by atoms with Crippen LogP contribution in [-0.4, -0.2) is 46.4 Å². The summed E-state index contributed by atoms with van der Waals surface area (Å²) in [6, 6.07) is 8.75. The van der Waals surface area contributed by atoms with Crippen molar-refractivity contribution in [3.05, 3.63) is 63.8 Å². The molecule has 148 valence electrons. The van der Waals surface area contributed by atoms with E-state index in [9.17, 15) is 9.18 Å². The molecule has 0 N–H and O–H groups in total. The Hall–Kier alpha value is -2.42. The molecule has 1 aliphatic heterocycles. The molecule has 0 saturated carbocycles. The summed E-state index contributed by atoms with van der Waals surface area (Å²) in [5.41, 5.74) is 2.40. The average molecular weight is 447 g/mol. The molecule has 1 amide bonds. The van der Waals surface area contributed by atoms with Gasteiger partial charge in [-0.05, 0) is 29.6 Å². The molecule has 4 heterocycles. The first-order valence-electron chi connectivity index (χ1n) is 9.10. The van der Waals surface area contributed by atoms with Crippen LogP contribution in [0, 0.1) is 5.82 Å². The number of halogens is 2. The lowest BCUT2D eigenvalue weighted by Crippen LogP contribution is -2.49. The molecule has 5 rings (SSSR count). The quantitative estimate of drug-likeness (QED) is 0.450. The second-order valence-corrected chi connectivity index (χ2v) is 8.95. The topological polar surface area (TPSA) is 40.9 Å². The Morgan fingerprint density at radius 1 is 1.14 bits per heavy atom. The van der Waals surface area contributed by atoms with Gasteiger partial charge in [0.05, 0.1) is 9.90 Å². The number of fused-ring (bicyclic) bond motifs is 1. The molecule has 1 saturated heterocycles. The van der Waals surface area contributed by atoms with Gasteiger partial charge < -0.3 is 9.80 Å². The number of piperazine rings is 1. The van der Waals surface area contributed by atoms with Gasteiger partial charge in [0.2, 0.25) is 0 Å². The minimum absolute atomic E-state index is 0.00293. The molecule has 1 aliphatic rings. The van der Waals surface area contributed by atoms with E-state index in [2.05, 4.69) is 9.88 Å². The van der Waals surface area contributed by atoms with Gasteiger partial charge in [-0.3, -0.25) is 9.20 Å². The van der Waals surface area contributed by atoms with Crippen LogP contribution in [-0.2, 0) is 0 Å². The third-order valence-electron chi connectivity index (χ3n) is 5.04. The number of amides is 1. The molecule has 29 heavy (non-hydrogen) atoms. The molecular formula is C20H16ClFN4OS2. The van der Waals surface area contributed by atoms with Gasteiger partial charge in [0.1, 0.15) is 17.2 Å². The summed E-state index contributed by atoms with van der Waals surface area (Å²) in [4.78, 5) is 23.6. The Balaban J connectivity index is 1.32. The molecule has 5 nitrogen and oxygen atoms in total. The molecule has 3 aromatic heterocycles. The molecule has 0 unspecified atom stereocenters. The second-order valence-electron chi connectivity index (χ2n) is 6.75. The monoisotopic (exact) mass is 446 g/mol. The number of carbonyl (C=O) groups excluding carboxylic acids is 1. The first-order chi connectivity index (χ1) is 14.1. The average Bonchev–Trinajstić information content (AvgIpc) is 3.46. The van der Waals surface area contributed by atoms with Crippen LogP contribution < -0.4 is 4.90 Å². The summed E-state index contributed by atoms with van der Waals surface area (Å²) < 4.78 is 15.3. The minimum atomic E-state index is -0.423. The summed E-state index contributed by atoms with van der Waals surface area (Å²) in [5, 5.41) is 4.00. The van der Waals surface area contributed by atoms with E-state index in [1.807, 2.05) is 38.4 Å². The Kier molecular flexibility index (Phi) is 4.77. The van der Waals surface area contributed by atoms with Crippen LogP contribution in [0.5, 0.6) is 0 Å². The highest BCUT2D eigenvalue weighted by Crippen LogP contribution is 2.28. The Morgan fingerprint density at radius 3 is 2.69 bits per heavy atom. The number of thiophene rings is 1. The van der Waals surface area contributed by atoms with Gasteiger partial charge in [-0.15, -0.1) is 22.7 Å². The predicted octanol–water partition coefficient (Wildman–Crippen LogP) is 4.88. The first-order valence-corrected chi connectivity index (χ1v) is 11.2. The van der Waals surface area contributed by atoms with E-state index in [0.29, 0.717) is 31.9 Å². The van der Waals surface area contributed by atoms with E-state index in [-0.39, 0.29) is 10.9 Å². The highest BCUT2D eigenvalue weighted by atomic mass is 35.5. The second kappa shape index (κ2) is 7.44. The van der Waals surface area contributed by atoms with E-state index < -0.39 is 5.82 Å². The fraction of sp³-hybridized carbons (Fsp3) is 0.200. The minimum Gasteiger partial charge on any atom is -0.368 e.